The second-order valence-corrected chi connectivity index (χ2v) is 5.69. The summed E-state index contributed by atoms with van der Waals surface area (Å²) in [6.07, 6.45) is 2.83. The van der Waals surface area contributed by atoms with Crippen molar-refractivity contribution in [2.24, 2.45) is 0 Å². The van der Waals surface area contributed by atoms with Crippen molar-refractivity contribution in [3.8, 4) is 6.07 Å². The highest BCUT2D eigenvalue weighted by Gasteiger charge is 2.19. The number of fused-ring (bicyclic) bond motifs is 1. The molecule has 0 fully saturated rings. The molecule has 0 aliphatic heterocycles. The maximum Gasteiger partial charge on any atom is 0.295 e. The van der Waals surface area contributed by atoms with Crippen LogP contribution in [0.15, 0.2) is 52.3 Å². The molecule has 0 bridgehead atoms. The van der Waals surface area contributed by atoms with Gasteiger partial charge >= 0.3 is 0 Å². The van der Waals surface area contributed by atoms with E-state index in [-0.39, 0.29) is 5.09 Å². The number of hydrogen-bond donors (Lipinski definition) is 2. The molecule has 0 amide bonds. The molecule has 0 atom stereocenters. The molecule has 20 heavy (non-hydrogen) atoms. The number of sulfonamides is 1. The fourth-order valence-electron chi connectivity index (χ4n) is 1.94. The number of para-hydroxylation sites is 1. The van der Waals surface area contributed by atoms with Gasteiger partial charge in [-0.15, -0.1) is 0 Å². The number of nitrogens with zero attached hydrogens (tertiary/aromatic N) is 1. The average Bonchev–Trinajstić information content (AvgIpc) is 3.08. The molecule has 3 rings (SSSR count). The van der Waals surface area contributed by atoms with Crippen molar-refractivity contribution >= 4 is 26.6 Å². The fourth-order valence-corrected chi connectivity index (χ4v) is 2.94. The van der Waals surface area contributed by atoms with Crippen LogP contribution in [0.25, 0.3) is 10.9 Å². The molecule has 100 valence electrons. The van der Waals surface area contributed by atoms with E-state index in [1.807, 2.05) is 6.07 Å². The molecule has 2 aromatic heterocycles. The largest absolute Gasteiger partial charge is 0.451 e. The van der Waals surface area contributed by atoms with Crippen molar-refractivity contribution < 1.29 is 12.8 Å². The lowest BCUT2D eigenvalue weighted by Crippen LogP contribution is -2.12. The van der Waals surface area contributed by atoms with Crippen molar-refractivity contribution in [2.45, 2.75) is 5.09 Å². The van der Waals surface area contributed by atoms with Gasteiger partial charge in [0.25, 0.3) is 10.0 Å². The second kappa shape index (κ2) is 4.43. The third-order valence-corrected chi connectivity index (χ3v) is 4.09. The third-order valence-electron chi connectivity index (χ3n) is 2.84. The number of anilines is 1. The zero-order valence-electron chi connectivity index (χ0n) is 10.1. The molecule has 0 radical (unpaired) electrons. The van der Waals surface area contributed by atoms with E-state index in [9.17, 15) is 8.42 Å². The molecular formula is C13H9N3O3S. The number of nitriles is 1. The molecule has 0 saturated carbocycles. The van der Waals surface area contributed by atoms with Crippen molar-refractivity contribution in [1.82, 2.24) is 4.98 Å². The lowest BCUT2D eigenvalue weighted by Gasteiger charge is -2.06. The summed E-state index contributed by atoms with van der Waals surface area (Å²) < 4.78 is 31.5. The van der Waals surface area contributed by atoms with Crippen LogP contribution in [-0.4, -0.2) is 13.4 Å². The normalized spacial score (nSPS) is 11.3. The first-order valence-corrected chi connectivity index (χ1v) is 7.16. The predicted octanol–water partition coefficient (Wildman–Crippen LogP) is 2.43. The summed E-state index contributed by atoms with van der Waals surface area (Å²) in [5.74, 6) is 0. The minimum Gasteiger partial charge on any atom is -0.451 e. The summed E-state index contributed by atoms with van der Waals surface area (Å²) in [7, 11) is -3.78. The number of furan rings is 1. The van der Waals surface area contributed by atoms with Crippen molar-refractivity contribution in [3.63, 3.8) is 0 Å². The predicted molar refractivity (Wildman–Crippen MR) is 72.5 cm³/mol. The fraction of sp³-hybridized carbons (Fsp3) is 0. The van der Waals surface area contributed by atoms with Gasteiger partial charge in [0.2, 0.25) is 5.09 Å². The molecule has 0 unspecified atom stereocenters. The van der Waals surface area contributed by atoms with Gasteiger partial charge in [-0.3, -0.25) is 4.72 Å². The summed E-state index contributed by atoms with van der Waals surface area (Å²) in [4.78, 5) is 2.90. The summed E-state index contributed by atoms with van der Waals surface area (Å²) in [5, 5.41) is 9.47. The van der Waals surface area contributed by atoms with E-state index < -0.39 is 10.0 Å². The number of aromatic nitrogens is 1. The van der Waals surface area contributed by atoms with Crippen LogP contribution in [0.5, 0.6) is 0 Å². The minimum absolute atomic E-state index is 0.165. The minimum atomic E-state index is -3.78. The molecule has 6 nitrogen and oxygen atoms in total. The molecule has 7 heteroatoms. The highest BCUT2D eigenvalue weighted by molar-refractivity contribution is 7.92. The molecule has 3 aromatic rings. The van der Waals surface area contributed by atoms with Gasteiger partial charge in [0.1, 0.15) is 6.07 Å². The van der Waals surface area contributed by atoms with E-state index in [4.69, 9.17) is 9.68 Å². The molecule has 0 aliphatic carbocycles. The van der Waals surface area contributed by atoms with Gasteiger partial charge in [0, 0.05) is 11.6 Å². The maximum absolute atomic E-state index is 12.1. The molecule has 2 N–H and O–H groups in total. The highest BCUT2D eigenvalue weighted by Crippen LogP contribution is 2.27. The number of H-pyrrole nitrogens is 1. The summed E-state index contributed by atoms with van der Waals surface area (Å²) in [5.41, 5.74) is 1.37. The lowest BCUT2D eigenvalue weighted by molar-refractivity contribution is 0.452. The van der Waals surface area contributed by atoms with E-state index in [2.05, 4.69) is 9.71 Å². The van der Waals surface area contributed by atoms with Crippen molar-refractivity contribution in [1.29, 1.82) is 5.26 Å². The van der Waals surface area contributed by atoms with Gasteiger partial charge in [-0.05, 0) is 18.2 Å². The highest BCUT2D eigenvalue weighted by atomic mass is 32.2. The average molecular weight is 287 g/mol. The molecule has 0 spiro atoms. The summed E-state index contributed by atoms with van der Waals surface area (Å²) in [6.45, 7) is 0. The van der Waals surface area contributed by atoms with Crippen molar-refractivity contribution in [2.75, 3.05) is 4.72 Å². The van der Waals surface area contributed by atoms with Crippen LogP contribution < -0.4 is 4.72 Å². The van der Waals surface area contributed by atoms with Gasteiger partial charge in [0.05, 0.1) is 23.0 Å². The molecular weight excluding hydrogens is 278 g/mol. The van der Waals surface area contributed by atoms with E-state index in [0.29, 0.717) is 22.2 Å². The Labute approximate surface area is 114 Å². The molecule has 0 aliphatic rings. The second-order valence-electron chi connectivity index (χ2n) is 4.08. The van der Waals surface area contributed by atoms with Crippen LogP contribution in [0.4, 0.5) is 5.69 Å². The maximum atomic E-state index is 12.1. The standard InChI is InChI=1S/C13H9N3O3S/c14-7-9-8-15-13-10(9)3-1-4-11(13)16-20(17,18)12-5-2-6-19-12/h1-6,8,15-16H. The molecule has 2 heterocycles. The zero-order valence-corrected chi connectivity index (χ0v) is 10.9. The Balaban J connectivity index is 2.09. The Hall–Kier alpha value is -2.72. The Morgan fingerprint density at radius 2 is 2.10 bits per heavy atom. The lowest BCUT2D eigenvalue weighted by atomic mass is 10.2. The third kappa shape index (κ3) is 1.92. The van der Waals surface area contributed by atoms with E-state index in [0.717, 1.165) is 0 Å². The van der Waals surface area contributed by atoms with Crippen LogP contribution in [-0.2, 0) is 10.0 Å². The SMILES string of the molecule is N#Cc1c[nH]c2c(NS(=O)(=O)c3ccco3)cccc12. The Bertz CT molecular complexity index is 902. The van der Waals surface area contributed by atoms with Gasteiger partial charge < -0.3 is 9.40 Å². The Morgan fingerprint density at radius 3 is 2.80 bits per heavy atom. The van der Waals surface area contributed by atoms with Gasteiger partial charge in [-0.2, -0.15) is 13.7 Å². The first-order chi connectivity index (χ1) is 9.62. The van der Waals surface area contributed by atoms with Crippen LogP contribution >= 0.6 is 0 Å². The first-order valence-electron chi connectivity index (χ1n) is 5.68. The Morgan fingerprint density at radius 1 is 1.25 bits per heavy atom. The zero-order chi connectivity index (χ0) is 14.2. The van der Waals surface area contributed by atoms with E-state index in [1.54, 1.807) is 18.2 Å². The van der Waals surface area contributed by atoms with Gasteiger partial charge in [-0.1, -0.05) is 12.1 Å². The van der Waals surface area contributed by atoms with Crippen LogP contribution in [0.3, 0.4) is 0 Å². The summed E-state index contributed by atoms with van der Waals surface area (Å²) in [6, 6.07) is 9.93. The number of nitrogens with one attached hydrogen (secondary N) is 2. The number of benzene rings is 1. The van der Waals surface area contributed by atoms with Gasteiger partial charge in [0.15, 0.2) is 0 Å². The van der Waals surface area contributed by atoms with E-state index >= 15 is 0 Å². The van der Waals surface area contributed by atoms with Crippen LogP contribution in [0.1, 0.15) is 5.56 Å². The molecule has 1 aromatic carbocycles. The quantitative estimate of drug-likeness (QED) is 0.772. The van der Waals surface area contributed by atoms with Crippen molar-refractivity contribution in [3.05, 3.63) is 48.4 Å². The van der Waals surface area contributed by atoms with Crippen LogP contribution in [0.2, 0.25) is 0 Å². The van der Waals surface area contributed by atoms with Crippen LogP contribution in [0, 0.1) is 11.3 Å². The van der Waals surface area contributed by atoms with Gasteiger partial charge in [-0.25, -0.2) is 0 Å². The smallest absolute Gasteiger partial charge is 0.295 e. The summed E-state index contributed by atoms with van der Waals surface area (Å²) >= 11 is 0. The topological polar surface area (TPSA) is 98.9 Å². The molecule has 0 saturated heterocycles. The first kappa shape index (κ1) is 12.3. The number of hydrogen-bond acceptors (Lipinski definition) is 4. The van der Waals surface area contributed by atoms with E-state index in [1.165, 1.54) is 24.6 Å². The number of rotatable bonds is 3. The monoisotopic (exact) mass is 287 g/mol. The Kier molecular flexibility index (Phi) is 2.73. The number of aromatic amines is 1.